The number of amides is 1. The van der Waals surface area contributed by atoms with Crippen LogP contribution in [0.25, 0.3) is 0 Å². The van der Waals surface area contributed by atoms with E-state index >= 15 is 0 Å². The van der Waals surface area contributed by atoms with Gasteiger partial charge in [0.15, 0.2) is 5.78 Å². The van der Waals surface area contributed by atoms with Crippen LogP contribution in [0.2, 0.25) is 0 Å². The molecule has 1 aromatic rings. The van der Waals surface area contributed by atoms with Crippen LogP contribution in [0.1, 0.15) is 119 Å². The molecular formula is C41H59NO5. The summed E-state index contributed by atoms with van der Waals surface area (Å²) in [6.07, 6.45) is 9.87. The first-order chi connectivity index (χ1) is 21.8. The van der Waals surface area contributed by atoms with Gasteiger partial charge in [-0.05, 0) is 108 Å². The lowest BCUT2D eigenvalue weighted by atomic mass is 9.35. The standard InChI is InChI=1S/C41H59NO5/c1-25-23-38(5)20-19-37(4,35(47)42-28(34(45)46)21-26-13-10-9-11-14-26)24-40(38,7)31-22-29(43)33-27(41(25,31)8)15-12-16-30-36(2,3)32(44)17-18-39(30,33)6/h9-11,13-14,22,25,27-28,30,32-33,44H,12,15-21,23-24H2,1-8H3,(H,42,47)(H,45,46)/t25-,27-,28?,30-,32-,33+,37-,38+,39?,40?,41-/m0/s1. The monoisotopic (exact) mass is 645 g/mol. The predicted octanol–water partition coefficient (Wildman–Crippen LogP) is 7.78. The van der Waals surface area contributed by atoms with E-state index in [2.05, 4.69) is 59.9 Å². The van der Waals surface area contributed by atoms with E-state index in [0.29, 0.717) is 18.8 Å². The van der Waals surface area contributed by atoms with Crippen molar-refractivity contribution in [2.45, 2.75) is 132 Å². The Balaban J connectivity index is 1.37. The SMILES string of the molecule is C[C@H]1C[C@@]2(C)CC[C@](C)(C(=O)NC(Cc3ccccc3)C(=O)O)CC2(C)C2=CC(=O)[C@H]3[C@H](CCC[C@H]4C(C)(C)[C@@H](O)CCC34C)[C@@]21C. The Labute approximate surface area is 282 Å². The summed E-state index contributed by atoms with van der Waals surface area (Å²) in [5.41, 5.74) is 0.318. The van der Waals surface area contributed by atoms with E-state index in [9.17, 15) is 24.6 Å². The molecule has 0 saturated heterocycles. The lowest BCUT2D eigenvalue weighted by molar-refractivity contribution is -0.166. The highest BCUT2D eigenvalue weighted by molar-refractivity contribution is 5.95. The van der Waals surface area contributed by atoms with Crippen LogP contribution >= 0.6 is 0 Å². The Morgan fingerprint density at radius 2 is 1.64 bits per heavy atom. The van der Waals surface area contributed by atoms with Gasteiger partial charge in [-0.1, -0.05) is 97.7 Å². The van der Waals surface area contributed by atoms with Gasteiger partial charge in [-0.25, -0.2) is 4.79 Å². The van der Waals surface area contributed by atoms with Gasteiger partial charge in [-0.2, -0.15) is 0 Å². The fraction of sp³-hybridized carbons (Fsp3) is 0.732. The van der Waals surface area contributed by atoms with Crippen LogP contribution in [-0.2, 0) is 20.8 Å². The van der Waals surface area contributed by atoms with E-state index in [0.717, 1.165) is 50.5 Å². The Morgan fingerprint density at radius 1 is 0.957 bits per heavy atom. The molecule has 0 bridgehead atoms. The van der Waals surface area contributed by atoms with Crippen molar-refractivity contribution in [3.63, 3.8) is 0 Å². The molecule has 0 aromatic heterocycles. The second kappa shape index (κ2) is 11.3. The number of carbonyl (C=O) groups is 3. The maximum Gasteiger partial charge on any atom is 0.326 e. The smallest absolute Gasteiger partial charge is 0.326 e. The number of benzene rings is 1. The van der Waals surface area contributed by atoms with Crippen LogP contribution in [-0.4, -0.2) is 40.0 Å². The summed E-state index contributed by atoms with van der Waals surface area (Å²) in [7, 11) is 0. The first-order valence-electron chi connectivity index (χ1n) is 18.4. The third-order valence-electron chi connectivity index (χ3n) is 15.7. The Morgan fingerprint density at radius 3 is 2.30 bits per heavy atom. The number of fused-ring (bicyclic) bond motifs is 7. The summed E-state index contributed by atoms with van der Waals surface area (Å²) < 4.78 is 0. The number of aliphatic carboxylic acids is 1. The molecule has 0 radical (unpaired) electrons. The van der Waals surface area contributed by atoms with E-state index in [-0.39, 0.29) is 69.0 Å². The number of aliphatic hydroxyl groups is 1. The highest BCUT2D eigenvalue weighted by Crippen LogP contribution is 2.75. The number of carbonyl (C=O) groups excluding carboxylic acids is 2. The van der Waals surface area contributed by atoms with E-state index in [1.54, 1.807) is 0 Å². The van der Waals surface area contributed by atoms with Crippen LogP contribution in [0.3, 0.4) is 0 Å². The molecule has 47 heavy (non-hydrogen) atoms. The summed E-state index contributed by atoms with van der Waals surface area (Å²) >= 11 is 0. The Hall–Kier alpha value is -2.47. The first kappa shape index (κ1) is 34.4. The summed E-state index contributed by atoms with van der Waals surface area (Å²) in [5.74, 6) is -0.145. The molecule has 6 heteroatoms. The molecule has 6 nitrogen and oxygen atoms in total. The van der Waals surface area contributed by atoms with Gasteiger partial charge in [0, 0.05) is 17.8 Å². The van der Waals surface area contributed by atoms with E-state index in [4.69, 9.17) is 0 Å². The number of carboxylic acid groups (broad SMARTS) is 1. The molecule has 11 atom stereocenters. The van der Waals surface area contributed by atoms with Crippen molar-refractivity contribution >= 4 is 17.7 Å². The minimum Gasteiger partial charge on any atom is -0.480 e. The number of carboxylic acids is 1. The van der Waals surface area contributed by atoms with Crippen LogP contribution in [0.4, 0.5) is 0 Å². The number of ketones is 1. The van der Waals surface area contributed by atoms with E-state index in [1.807, 2.05) is 37.3 Å². The van der Waals surface area contributed by atoms with Gasteiger partial charge in [0.2, 0.25) is 5.91 Å². The molecule has 4 saturated carbocycles. The van der Waals surface area contributed by atoms with E-state index < -0.39 is 17.4 Å². The minimum absolute atomic E-state index is 0.0708. The molecule has 0 heterocycles. The lowest BCUT2D eigenvalue weighted by Gasteiger charge is -2.69. The third kappa shape index (κ3) is 5.00. The zero-order valence-electron chi connectivity index (χ0n) is 30.1. The van der Waals surface area contributed by atoms with Gasteiger partial charge in [0.1, 0.15) is 6.04 Å². The van der Waals surface area contributed by atoms with Crippen molar-refractivity contribution in [3.8, 4) is 0 Å². The highest BCUT2D eigenvalue weighted by Gasteiger charge is 2.69. The second-order valence-electron chi connectivity index (χ2n) is 18.5. The maximum absolute atomic E-state index is 14.8. The van der Waals surface area contributed by atoms with Crippen molar-refractivity contribution in [1.82, 2.24) is 5.32 Å². The van der Waals surface area contributed by atoms with Crippen LogP contribution in [0, 0.1) is 56.2 Å². The molecule has 3 unspecified atom stereocenters. The summed E-state index contributed by atoms with van der Waals surface area (Å²) in [4.78, 5) is 41.3. The van der Waals surface area contributed by atoms with Crippen molar-refractivity contribution in [1.29, 1.82) is 0 Å². The van der Waals surface area contributed by atoms with Crippen molar-refractivity contribution in [3.05, 3.63) is 47.5 Å². The average molecular weight is 646 g/mol. The van der Waals surface area contributed by atoms with E-state index in [1.165, 1.54) is 5.57 Å². The zero-order chi connectivity index (χ0) is 34.4. The molecule has 5 aliphatic rings. The second-order valence-corrected chi connectivity index (χ2v) is 18.5. The minimum atomic E-state index is -1.03. The Bertz CT molecular complexity index is 1470. The Kier molecular flexibility index (Phi) is 8.26. The third-order valence-corrected chi connectivity index (χ3v) is 15.7. The average Bonchev–Trinajstić information content (AvgIpc) is 3.17. The van der Waals surface area contributed by atoms with Crippen molar-refractivity contribution in [2.75, 3.05) is 0 Å². The lowest BCUT2D eigenvalue weighted by Crippen LogP contribution is -2.64. The largest absolute Gasteiger partial charge is 0.480 e. The van der Waals surface area contributed by atoms with Gasteiger partial charge in [-0.15, -0.1) is 0 Å². The van der Waals surface area contributed by atoms with Crippen LogP contribution in [0.15, 0.2) is 42.0 Å². The fourth-order valence-electron chi connectivity index (χ4n) is 12.6. The molecule has 5 aliphatic carbocycles. The number of allylic oxidation sites excluding steroid dienone is 2. The van der Waals surface area contributed by atoms with Crippen LogP contribution in [0.5, 0.6) is 0 Å². The molecular weight excluding hydrogens is 586 g/mol. The molecule has 0 spiro atoms. The number of nitrogens with one attached hydrogen (secondary N) is 1. The van der Waals surface area contributed by atoms with Gasteiger partial charge in [0.25, 0.3) is 0 Å². The predicted molar refractivity (Wildman–Crippen MR) is 184 cm³/mol. The zero-order valence-corrected chi connectivity index (χ0v) is 30.1. The summed E-state index contributed by atoms with van der Waals surface area (Å²) in [6.45, 7) is 18.4. The topological polar surface area (TPSA) is 104 Å². The number of rotatable bonds is 5. The van der Waals surface area contributed by atoms with Gasteiger partial charge >= 0.3 is 5.97 Å². The van der Waals surface area contributed by atoms with Crippen LogP contribution < -0.4 is 5.32 Å². The number of hydrogen-bond acceptors (Lipinski definition) is 4. The number of hydrogen-bond donors (Lipinski definition) is 3. The van der Waals surface area contributed by atoms with Crippen molar-refractivity contribution < 1.29 is 24.6 Å². The van der Waals surface area contributed by atoms with Gasteiger partial charge < -0.3 is 15.5 Å². The summed E-state index contributed by atoms with van der Waals surface area (Å²) in [6, 6.07) is 8.46. The van der Waals surface area contributed by atoms with Gasteiger partial charge in [0.05, 0.1) is 6.10 Å². The van der Waals surface area contributed by atoms with Gasteiger partial charge in [-0.3, -0.25) is 9.59 Å². The molecule has 1 amide bonds. The number of aliphatic hydroxyl groups excluding tert-OH is 1. The summed E-state index contributed by atoms with van der Waals surface area (Å²) in [5, 5.41) is 24.2. The molecule has 1 aromatic carbocycles. The molecule has 0 aliphatic heterocycles. The quantitative estimate of drug-likeness (QED) is 0.304. The fourth-order valence-corrected chi connectivity index (χ4v) is 12.6. The highest BCUT2D eigenvalue weighted by atomic mass is 16.4. The first-order valence-corrected chi connectivity index (χ1v) is 18.4. The molecule has 4 fully saturated rings. The normalized spacial score (nSPS) is 44.7. The van der Waals surface area contributed by atoms with Crippen molar-refractivity contribution in [2.24, 2.45) is 56.2 Å². The molecule has 258 valence electrons. The maximum atomic E-state index is 14.8. The molecule has 6 rings (SSSR count). The molecule has 3 N–H and O–H groups in total.